The van der Waals surface area contributed by atoms with Crippen LogP contribution in [0.2, 0.25) is 0 Å². The standard InChI is InChI=1S/C20H18N4O4/c1-2-26-15-7-5-14(6-8-15)18-12-17(23-28-18)20(25)22-19-9-10-21-24(19)13-16-4-3-11-27-16/h3-12H,2,13H2,1H3,(H,22,25). The minimum absolute atomic E-state index is 0.176. The van der Waals surface area contributed by atoms with Crippen molar-refractivity contribution in [3.05, 3.63) is 72.4 Å². The third-order valence-electron chi connectivity index (χ3n) is 4.04. The first-order valence-corrected chi connectivity index (χ1v) is 8.78. The van der Waals surface area contributed by atoms with Crippen LogP contribution in [0.5, 0.6) is 5.75 Å². The highest BCUT2D eigenvalue weighted by Gasteiger charge is 2.16. The molecule has 0 unspecified atom stereocenters. The molecule has 3 aromatic heterocycles. The quantitative estimate of drug-likeness (QED) is 0.525. The molecule has 0 saturated carbocycles. The SMILES string of the molecule is CCOc1ccc(-c2cc(C(=O)Nc3ccnn3Cc3ccco3)no2)cc1. The summed E-state index contributed by atoms with van der Waals surface area (Å²) in [6.45, 7) is 2.93. The van der Waals surface area contributed by atoms with Crippen molar-refractivity contribution in [2.75, 3.05) is 11.9 Å². The molecule has 3 heterocycles. The van der Waals surface area contributed by atoms with Gasteiger partial charge in [0.1, 0.15) is 23.9 Å². The van der Waals surface area contributed by atoms with Gasteiger partial charge < -0.3 is 19.0 Å². The van der Waals surface area contributed by atoms with E-state index in [-0.39, 0.29) is 11.6 Å². The van der Waals surface area contributed by atoms with Gasteiger partial charge in [-0.1, -0.05) is 5.16 Å². The van der Waals surface area contributed by atoms with E-state index >= 15 is 0 Å². The van der Waals surface area contributed by atoms with E-state index < -0.39 is 0 Å². The van der Waals surface area contributed by atoms with Crippen LogP contribution in [0.1, 0.15) is 23.2 Å². The number of nitrogens with zero attached hydrogens (tertiary/aromatic N) is 3. The van der Waals surface area contributed by atoms with Gasteiger partial charge in [0.2, 0.25) is 0 Å². The second-order valence-corrected chi connectivity index (χ2v) is 5.94. The Morgan fingerprint density at radius 2 is 2.07 bits per heavy atom. The van der Waals surface area contributed by atoms with Gasteiger partial charge in [0.15, 0.2) is 11.5 Å². The van der Waals surface area contributed by atoms with Crippen LogP contribution >= 0.6 is 0 Å². The molecular weight excluding hydrogens is 360 g/mol. The zero-order valence-electron chi connectivity index (χ0n) is 15.2. The third-order valence-corrected chi connectivity index (χ3v) is 4.04. The molecule has 8 nitrogen and oxygen atoms in total. The van der Waals surface area contributed by atoms with Crippen LogP contribution in [0.4, 0.5) is 5.82 Å². The second-order valence-electron chi connectivity index (χ2n) is 5.94. The monoisotopic (exact) mass is 378 g/mol. The number of nitrogens with one attached hydrogen (secondary N) is 1. The number of hydrogen-bond donors (Lipinski definition) is 1. The number of hydrogen-bond acceptors (Lipinski definition) is 6. The van der Waals surface area contributed by atoms with E-state index in [4.69, 9.17) is 13.7 Å². The van der Waals surface area contributed by atoms with Crippen LogP contribution in [0.15, 0.2) is 69.9 Å². The summed E-state index contributed by atoms with van der Waals surface area (Å²) in [6.07, 6.45) is 3.20. The number of carbonyl (C=O) groups excluding carboxylic acids is 1. The maximum atomic E-state index is 12.5. The Kier molecular flexibility index (Phi) is 4.92. The molecule has 4 rings (SSSR count). The molecule has 0 saturated heterocycles. The minimum Gasteiger partial charge on any atom is -0.494 e. The van der Waals surface area contributed by atoms with E-state index in [9.17, 15) is 4.79 Å². The molecule has 0 aliphatic rings. The lowest BCUT2D eigenvalue weighted by atomic mass is 10.1. The third kappa shape index (κ3) is 3.80. The number of carbonyl (C=O) groups is 1. The summed E-state index contributed by atoms with van der Waals surface area (Å²) in [5.41, 5.74) is 0.979. The van der Waals surface area contributed by atoms with E-state index in [2.05, 4.69) is 15.6 Å². The van der Waals surface area contributed by atoms with Crippen molar-refractivity contribution in [2.45, 2.75) is 13.5 Å². The van der Waals surface area contributed by atoms with Gasteiger partial charge in [-0.25, -0.2) is 4.68 Å². The molecule has 0 bridgehead atoms. The maximum Gasteiger partial charge on any atom is 0.279 e. The van der Waals surface area contributed by atoms with Crippen molar-refractivity contribution in [3.63, 3.8) is 0 Å². The number of furan rings is 1. The fourth-order valence-corrected chi connectivity index (χ4v) is 2.70. The van der Waals surface area contributed by atoms with E-state index in [1.165, 1.54) is 0 Å². The summed E-state index contributed by atoms with van der Waals surface area (Å²) in [5, 5.41) is 10.9. The lowest BCUT2D eigenvalue weighted by Gasteiger charge is -2.06. The molecule has 1 amide bonds. The van der Waals surface area contributed by atoms with Crippen LogP contribution in [0, 0.1) is 0 Å². The number of rotatable bonds is 7. The first-order valence-electron chi connectivity index (χ1n) is 8.78. The first kappa shape index (κ1) is 17.6. The molecule has 0 fully saturated rings. The van der Waals surface area contributed by atoms with Crippen LogP contribution in [-0.4, -0.2) is 27.5 Å². The molecule has 1 aromatic carbocycles. The Hall–Kier alpha value is -3.81. The summed E-state index contributed by atoms with van der Waals surface area (Å²) in [6, 6.07) is 14.3. The number of anilines is 1. The van der Waals surface area contributed by atoms with Gasteiger partial charge in [0.05, 0.1) is 19.1 Å². The van der Waals surface area contributed by atoms with Gasteiger partial charge >= 0.3 is 0 Å². The number of benzene rings is 1. The van der Waals surface area contributed by atoms with Gasteiger partial charge in [-0.15, -0.1) is 0 Å². The molecule has 8 heteroatoms. The predicted octanol–water partition coefficient (Wildman–Crippen LogP) is 3.83. The molecule has 0 aliphatic heterocycles. The number of aromatic nitrogens is 3. The van der Waals surface area contributed by atoms with Gasteiger partial charge in [-0.05, 0) is 43.3 Å². The first-order chi connectivity index (χ1) is 13.7. The normalized spacial score (nSPS) is 10.8. The molecule has 0 atom stereocenters. The van der Waals surface area contributed by atoms with Crippen molar-refractivity contribution in [1.82, 2.24) is 14.9 Å². The fraction of sp³-hybridized carbons (Fsp3) is 0.150. The molecule has 4 aromatic rings. The summed E-state index contributed by atoms with van der Waals surface area (Å²) in [4.78, 5) is 12.5. The Balaban J connectivity index is 1.46. The Morgan fingerprint density at radius 1 is 1.21 bits per heavy atom. The topological polar surface area (TPSA) is 95.3 Å². The van der Waals surface area contributed by atoms with Crippen LogP contribution in [0.3, 0.4) is 0 Å². The van der Waals surface area contributed by atoms with E-state index in [0.29, 0.717) is 24.7 Å². The molecule has 1 N–H and O–H groups in total. The lowest BCUT2D eigenvalue weighted by molar-refractivity contribution is 0.101. The Labute approximate surface area is 160 Å². The Bertz CT molecular complexity index is 1050. The zero-order valence-corrected chi connectivity index (χ0v) is 15.2. The average Bonchev–Trinajstić information content (AvgIpc) is 3.46. The predicted molar refractivity (Wildman–Crippen MR) is 101 cm³/mol. The van der Waals surface area contributed by atoms with Gasteiger partial charge in [0.25, 0.3) is 5.91 Å². The smallest absolute Gasteiger partial charge is 0.279 e. The van der Waals surface area contributed by atoms with Gasteiger partial charge in [-0.2, -0.15) is 5.10 Å². The largest absolute Gasteiger partial charge is 0.494 e. The highest BCUT2D eigenvalue weighted by Crippen LogP contribution is 2.23. The number of amides is 1. The Morgan fingerprint density at radius 3 is 2.82 bits per heavy atom. The fourth-order valence-electron chi connectivity index (χ4n) is 2.70. The van der Waals surface area contributed by atoms with E-state index in [1.54, 1.807) is 35.3 Å². The summed E-state index contributed by atoms with van der Waals surface area (Å²) in [5.74, 6) is 2.15. The van der Waals surface area contributed by atoms with Crippen molar-refractivity contribution in [2.24, 2.45) is 0 Å². The molecule has 0 aliphatic carbocycles. The summed E-state index contributed by atoms with van der Waals surface area (Å²) < 4.78 is 17.7. The molecule has 28 heavy (non-hydrogen) atoms. The average molecular weight is 378 g/mol. The molecule has 0 radical (unpaired) electrons. The van der Waals surface area contributed by atoms with Gasteiger partial charge in [-0.3, -0.25) is 4.79 Å². The van der Waals surface area contributed by atoms with Crippen LogP contribution < -0.4 is 10.1 Å². The van der Waals surface area contributed by atoms with E-state index in [1.807, 2.05) is 37.3 Å². The highest BCUT2D eigenvalue weighted by molar-refractivity contribution is 6.02. The minimum atomic E-state index is -0.387. The maximum absolute atomic E-state index is 12.5. The summed E-state index contributed by atoms with van der Waals surface area (Å²) >= 11 is 0. The summed E-state index contributed by atoms with van der Waals surface area (Å²) in [7, 11) is 0. The molecule has 0 spiro atoms. The van der Waals surface area contributed by atoms with Crippen molar-refractivity contribution < 1.29 is 18.5 Å². The lowest BCUT2D eigenvalue weighted by Crippen LogP contribution is -2.16. The molecular formula is C20H18N4O4. The van der Waals surface area contributed by atoms with Crippen LogP contribution in [0.25, 0.3) is 11.3 Å². The highest BCUT2D eigenvalue weighted by atomic mass is 16.5. The van der Waals surface area contributed by atoms with Crippen LogP contribution in [-0.2, 0) is 6.54 Å². The van der Waals surface area contributed by atoms with Gasteiger partial charge in [0, 0.05) is 17.7 Å². The van der Waals surface area contributed by atoms with Crippen molar-refractivity contribution in [3.8, 4) is 17.1 Å². The van der Waals surface area contributed by atoms with Crippen molar-refractivity contribution >= 4 is 11.7 Å². The van der Waals surface area contributed by atoms with Crippen molar-refractivity contribution in [1.29, 1.82) is 0 Å². The zero-order chi connectivity index (χ0) is 19.3. The number of ether oxygens (including phenoxy) is 1. The van der Waals surface area contributed by atoms with E-state index in [0.717, 1.165) is 17.1 Å². The molecule has 142 valence electrons. The second kappa shape index (κ2) is 7.83.